The Hall–Kier alpha value is -0.240. The Morgan fingerprint density at radius 1 is 1.33 bits per heavy atom. The zero-order valence-electron chi connectivity index (χ0n) is 8.33. The van der Waals surface area contributed by atoms with E-state index in [-0.39, 0.29) is 11.7 Å². The molecule has 12 heavy (non-hydrogen) atoms. The number of thiocarbonyl (C=S) groups is 1. The first-order valence-electron chi connectivity index (χ1n) is 4.47. The van der Waals surface area contributed by atoms with Gasteiger partial charge in [0.1, 0.15) is 5.78 Å². The van der Waals surface area contributed by atoms with Gasteiger partial charge in [0.05, 0.1) is 0 Å². The van der Waals surface area contributed by atoms with Gasteiger partial charge in [0, 0.05) is 12.3 Å². The standard InChI is InChI=1S/C10H18OS/c1-7(2)5-10(11)9(6-12)8(3)4/h6-9H,5H2,1-4H3. The number of carbonyl (C=O) groups is 1. The first-order chi connectivity index (χ1) is 5.49. The van der Waals surface area contributed by atoms with Crippen molar-refractivity contribution in [2.24, 2.45) is 17.8 Å². The Morgan fingerprint density at radius 3 is 2.08 bits per heavy atom. The molecule has 0 aromatic carbocycles. The molecule has 0 saturated carbocycles. The van der Waals surface area contributed by atoms with Gasteiger partial charge in [-0.15, -0.1) is 0 Å². The smallest absolute Gasteiger partial charge is 0.141 e. The second-order valence-corrected chi connectivity index (χ2v) is 4.24. The highest BCUT2D eigenvalue weighted by Crippen LogP contribution is 2.14. The van der Waals surface area contributed by atoms with E-state index in [9.17, 15) is 4.79 Å². The third-order valence-electron chi connectivity index (χ3n) is 1.85. The van der Waals surface area contributed by atoms with Gasteiger partial charge in [-0.05, 0) is 17.2 Å². The van der Waals surface area contributed by atoms with Crippen molar-refractivity contribution in [3.05, 3.63) is 0 Å². The van der Waals surface area contributed by atoms with Crippen LogP contribution in [0.15, 0.2) is 0 Å². The fraction of sp³-hybridized carbons (Fsp3) is 0.800. The molecule has 0 aromatic heterocycles. The molecule has 0 fully saturated rings. The molecule has 0 aromatic rings. The van der Waals surface area contributed by atoms with E-state index in [0.717, 1.165) is 0 Å². The van der Waals surface area contributed by atoms with Crippen molar-refractivity contribution in [2.45, 2.75) is 34.1 Å². The van der Waals surface area contributed by atoms with E-state index in [4.69, 9.17) is 12.2 Å². The van der Waals surface area contributed by atoms with Crippen LogP contribution in [-0.2, 0) is 4.79 Å². The third kappa shape index (κ3) is 3.96. The Balaban J connectivity index is 4.13. The van der Waals surface area contributed by atoms with E-state index in [1.165, 1.54) is 0 Å². The molecule has 0 aliphatic carbocycles. The van der Waals surface area contributed by atoms with Gasteiger partial charge >= 0.3 is 0 Å². The molecule has 0 heterocycles. The molecule has 0 radical (unpaired) electrons. The van der Waals surface area contributed by atoms with Crippen LogP contribution >= 0.6 is 12.2 Å². The molecule has 70 valence electrons. The van der Waals surface area contributed by atoms with Crippen LogP contribution in [0.25, 0.3) is 0 Å². The van der Waals surface area contributed by atoms with Gasteiger partial charge in [-0.2, -0.15) is 0 Å². The summed E-state index contributed by atoms with van der Waals surface area (Å²) in [5.41, 5.74) is 0. The second-order valence-electron chi connectivity index (χ2n) is 3.97. The summed E-state index contributed by atoms with van der Waals surface area (Å²) >= 11 is 4.83. The molecule has 0 rings (SSSR count). The van der Waals surface area contributed by atoms with Crippen LogP contribution in [0.5, 0.6) is 0 Å². The predicted octanol–water partition coefficient (Wildman–Crippen LogP) is 2.87. The molecule has 0 aliphatic rings. The Bertz CT molecular complexity index is 161. The molecule has 1 unspecified atom stereocenters. The monoisotopic (exact) mass is 186 g/mol. The van der Waals surface area contributed by atoms with Crippen molar-refractivity contribution in [2.75, 3.05) is 0 Å². The fourth-order valence-corrected chi connectivity index (χ4v) is 1.61. The number of Topliss-reactive ketones (excluding diaryl/α,β-unsaturated/α-hetero) is 1. The molecule has 1 nitrogen and oxygen atoms in total. The van der Waals surface area contributed by atoms with Crippen molar-refractivity contribution in [1.29, 1.82) is 0 Å². The lowest BCUT2D eigenvalue weighted by atomic mass is 9.89. The van der Waals surface area contributed by atoms with Crippen molar-refractivity contribution in [3.63, 3.8) is 0 Å². The topological polar surface area (TPSA) is 17.1 Å². The lowest BCUT2D eigenvalue weighted by Gasteiger charge is -2.15. The van der Waals surface area contributed by atoms with E-state index >= 15 is 0 Å². The Labute approximate surface area is 80.5 Å². The Morgan fingerprint density at radius 2 is 1.83 bits per heavy atom. The second kappa shape index (κ2) is 5.41. The zero-order chi connectivity index (χ0) is 9.72. The summed E-state index contributed by atoms with van der Waals surface area (Å²) in [7, 11) is 0. The van der Waals surface area contributed by atoms with E-state index in [1.807, 2.05) is 13.8 Å². The quantitative estimate of drug-likeness (QED) is 0.614. The van der Waals surface area contributed by atoms with Crippen LogP contribution in [0.2, 0.25) is 0 Å². The van der Waals surface area contributed by atoms with E-state index in [1.54, 1.807) is 5.37 Å². The summed E-state index contributed by atoms with van der Waals surface area (Å²) in [6, 6.07) is 0. The largest absolute Gasteiger partial charge is 0.299 e. The van der Waals surface area contributed by atoms with Crippen LogP contribution in [0.4, 0.5) is 0 Å². The number of ketones is 1. The lowest BCUT2D eigenvalue weighted by Crippen LogP contribution is -2.22. The van der Waals surface area contributed by atoms with Crippen molar-refractivity contribution < 1.29 is 4.79 Å². The molecule has 0 amide bonds. The Kier molecular flexibility index (Phi) is 5.31. The summed E-state index contributed by atoms with van der Waals surface area (Å²) < 4.78 is 0. The molecule has 2 heteroatoms. The minimum Gasteiger partial charge on any atom is -0.299 e. The maximum atomic E-state index is 11.5. The summed E-state index contributed by atoms with van der Waals surface area (Å²) in [6.45, 7) is 8.18. The summed E-state index contributed by atoms with van der Waals surface area (Å²) in [5, 5.41) is 1.61. The van der Waals surface area contributed by atoms with E-state index in [0.29, 0.717) is 18.3 Å². The molecular formula is C10H18OS. The predicted molar refractivity (Wildman–Crippen MR) is 56.4 cm³/mol. The minimum atomic E-state index is -0.0256. The molecular weight excluding hydrogens is 168 g/mol. The van der Waals surface area contributed by atoms with Gasteiger partial charge in [0.2, 0.25) is 0 Å². The van der Waals surface area contributed by atoms with Gasteiger partial charge in [0.15, 0.2) is 0 Å². The van der Waals surface area contributed by atoms with Crippen LogP contribution in [0, 0.1) is 17.8 Å². The zero-order valence-corrected chi connectivity index (χ0v) is 9.15. The van der Waals surface area contributed by atoms with Gasteiger partial charge < -0.3 is 0 Å². The molecule has 1 atom stereocenters. The average molecular weight is 186 g/mol. The van der Waals surface area contributed by atoms with Crippen molar-refractivity contribution >= 4 is 23.4 Å². The maximum Gasteiger partial charge on any atom is 0.141 e. The van der Waals surface area contributed by atoms with Crippen LogP contribution in [0.3, 0.4) is 0 Å². The van der Waals surface area contributed by atoms with Gasteiger partial charge in [-0.3, -0.25) is 4.79 Å². The van der Waals surface area contributed by atoms with Gasteiger partial charge in [-0.25, -0.2) is 0 Å². The molecule has 0 saturated heterocycles. The lowest BCUT2D eigenvalue weighted by molar-refractivity contribution is -0.122. The molecule has 0 aliphatic heterocycles. The molecule has 0 N–H and O–H groups in total. The first-order valence-corrected chi connectivity index (χ1v) is 4.94. The number of carbonyl (C=O) groups excluding carboxylic acids is 1. The fourth-order valence-electron chi connectivity index (χ4n) is 1.14. The van der Waals surface area contributed by atoms with E-state index < -0.39 is 0 Å². The normalized spacial score (nSPS) is 13.5. The average Bonchev–Trinajstić information content (AvgIpc) is 1.85. The highest BCUT2D eigenvalue weighted by molar-refractivity contribution is 7.79. The summed E-state index contributed by atoms with van der Waals surface area (Å²) in [6.07, 6.45) is 0.649. The molecule has 0 bridgehead atoms. The maximum absolute atomic E-state index is 11.5. The number of hydrogen-bond donors (Lipinski definition) is 0. The van der Waals surface area contributed by atoms with Crippen molar-refractivity contribution in [1.82, 2.24) is 0 Å². The van der Waals surface area contributed by atoms with Crippen LogP contribution in [-0.4, -0.2) is 11.2 Å². The minimum absolute atomic E-state index is 0.0256. The van der Waals surface area contributed by atoms with Gasteiger partial charge in [0.25, 0.3) is 0 Å². The highest BCUT2D eigenvalue weighted by atomic mass is 32.1. The summed E-state index contributed by atoms with van der Waals surface area (Å²) in [4.78, 5) is 11.5. The third-order valence-corrected chi connectivity index (χ3v) is 2.14. The van der Waals surface area contributed by atoms with Crippen LogP contribution in [0.1, 0.15) is 34.1 Å². The van der Waals surface area contributed by atoms with Crippen LogP contribution < -0.4 is 0 Å². The SMILES string of the molecule is CC(C)CC(=O)C(C=S)C(C)C. The number of hydrogen-bond acceptors (Lipinski definition) is 2. The van der Waals surface area contributed by atoms with E-state index in [2.05, 4.69) is 13.8 Å². The molecule has 0 spiro atoms. The van der Waals surface area contributed by atoms with Gasteiger partial charge in [-0.1, -0.05) is 39.9 Å². The first kappa shape index (κ1) is 11.8. The highest BCUT2D eigenvalue weighted by Gasteiger charge is 2.19. The number of rotatable bonds is 5. The van der Waals surface area contributed by atoms with Crippen molar-refractivity contribution in [3.8, 4) is 0 Å². The summed E-state index contributed by atoms with van der Waals surface area (Å²) in [5.74, 6) is 1.04.